The van der Waals surface area contributed by atoms with Crippen LogP contribution >= 0.6 is 0 Å². The first-order valence-electron chi connectivity index (χ1n) is 8.39. The fraction of sp³-hybridized carbons (Fsp3) is 0.182. The minimum Gasteiger partial charge on any atom is -0.492 e. The zero-order valence-corrected chi connectivity index (χ0v) is 14.8. The molecule has 1 unspecified atom stereocenters. The minimum absolute atomic E-state index is 0.00717. The highest BCUT2D eigenvalue weighted by Gasteiger charge is 2.31. The Bertz CT molecular complexity index is 950. The van der Waals surface area contributed by atoms with Gasteiger partial charge in [0.1, 0.15) is 18.1 Å². The highest BCUT2D eigenvalue weighted by atomic mass is 16.5. The number of carbonyl (C=O) groups excluding carboxylic acids is 2. The van der Waals surface area contributed by atoms with Gasteiger partial charge in [-0.1, -0.05) is 49.1 Å². The molecule has 0 spiro atoms. The van der Waals surface area contributed by atoms with E-state index in [1.165, 1.54) is 6.92 Å². The van der Waals surface area contributed by atoms with E-state index >= 15 is 0 Å². The van der Waals surface area contributed by atoms with E-state index in [9.17, 15) is 9.59 Å². The molecule has 2 aromatic carbocycles. The number of ketones is 1. The van der Waals surface area contributed by atoms with Crippen LogP contribution < -0.4 is 4.74 Å². The zero-order valence-electron chi connectivity index (χ0n) is 14.8. The van der Waals surface area contributed by atoms with Crippen LogP contribution in [0.5, 0.6) is 5.75 Å². The minimum atomic E-state index is -0.452. The number of Topliss-reactive ketones (excluding diaryl/α,β-unsaturated/α-hetero) is 1. The van der Waals surface area contributed by atoms with Gasteiger partial charge >= 0.3 is 5.97 Å². The molecule has 1 atom stereocenters. The maximum atomic E-state index is 13.2. The third-order valence-electron chi connectivity index (χ3n) is 4.31. The monoisotopic (exact) mass is 348 g/mol. The molecule has 0 saturated carbocycles. The van der Waals surface area contributed by atoms with Crippen molar-refractivity contribution in [3.05, 3.63) is 78.1 Å². The Kier molecular flexibility index (Phi) is 5.03. The van der Waals surface area contributed by atoms with Crippen molar-refractivity contribution in [3.8, 4) is 5.75 Å². The van der Waals surface area contributed by atoms with Gasteiger partial charge in [0.2, 0.25) is 0 Å². The van der Waals surface area contributed by atoms with E-state index in [1.54, 1.807) is 25.2 Å². The summed E-state index contributed by atoms with van der Waals surface area (Å²) in [6, 6.07) is 11.6. The van der Waals surface area contributed by atoms with Gasteiger partial charge in [0.25, 0.3) is 0 Å². The van der Waals surface area contributed by atoms with Gasteiger partial charge in [-0.05, 0) is 35.4 Å². The Hall–Kier alpha value is -3.14. The summed E-state index contributed by atoms with van der Waals surface area (Å²) in [4.78, 5) is 24.2. The molecule has 4 nitrogen and oxygen atoms in total. The summed E-state index contributed by atoms with van der Waals surface area (Å²) in [5.41, 5.74) is 1.33. The Morgan fingerprint density at radius 3 is 2.69 bits per heavy atom. The number of allylic oxidation sites excluding steroid dienone is 4. The molecule has 0 aromatic heterocycles. The molecular formula is C22H20O4. The number of benzene rings is 2. The fourth-order valence-corrected chi connectivity index (χ4v) is 3.10. The first kappa shape index (κ1) is 17.7. The maximum absolute atomic E-state index is 13.2. The second kappa shape index (κ2) is 7.40. The summed E-state index contributed by atoms with van der Waals surface area (Å²) >= 11 is 0. The molecule has 0 bridgehead atoms. The van der Waals surface area contributed by atoms with Crippen LogP contribution in [0, 0.1) is 5.92 Å². The number of hydrogen-bond donors (Lipinski definition) is 0. The van der Waals surface area contributed by atoms with Crippen LogP contribution in [0.1, 0.15) is 24.2 Å². The van der Waals surface area contributed by atoms with E-state index in [0.29, 0.717) is 17.1 Å². The largest absolute Gasteiger partial charge is 0.492 e. The molecule has 1 aliphatic rings. The predicted octanol–water partition coefficient (Wildman–Crippen LogP) is 4.61. The van der Waals surface area contributed by atoms with E-state index in [-0.39, 0.29) is 18.4 Å². The van der Waals surface area contributed by atoms with E-state index in [2.05, 4.69) is 6.58 Å². The van der Waals surface area contributed by atoms with Gasteiger partial charge in [0.15, 0.2) is 5.78 Å². The molecule has 2 aromatic rings. The number of ether oxygens (including phenoxy) is 2. The van der Waals surface area contributed by atoms with Gasteiger partial charge < -0.3 is 9.47 Å². The van der Waals surface area contributed by atoms with Gasteiger partial charge in [0.05, 0.1) is 11.5 Å². The van der Waals surface area contributed by atoms with E-state index in [4.69, 9.17) is 9.47 Å². The Morgan fingerprint density at radius 2 is 1.96 bits per heavy atom. The van der Waals surface area contributed by atoms with Gasteiger partial charge in [-0.15, -0.1) is 0 Å². The lowest BCUT2D eigenvalue weighted by molar-refractivity contribution is -0.136. The number of carbonyl (C=O) groups is 2. The highest BCUT2D eigenvalue weighted by Crippen LogP contribution is 2.36. The molecule has 0 N–H and O–H groups in total. The third-order valence-corrected chi connectivity index (χ3v) is 4.31. The topological polar surface area (TPSA) is 52.6 Å². The van der Waals surface area contributed by atoms with E-state index < -0.39 is 5.92 Å². The van der Waals surface area contributed by atoms with Crippen molar-refractivity contribution in [2.75, 3.05) is 6.61 Å². The molecule has 26 heavy (non-hydrogen) atoms. The summed E-state index contributed by atoms with van der Waals surface area (Å²) < 4.78 is 10.9. The Balaban J connectivity index is 1.98. The second-order valence-electron chi connectivity index (χ2n) is 6.13. The van der Waals surface area contributed by atoms with Crippen molar-refractivity contribution >= 4 is 22.5 Å². The molecular weight excluding hydrogens is 328 g/mol. The number of rotatable bonds is 4. The molecule has 132 valence electrons. The lowest BCUT2D eigenvalue weighted by atomic mass is 9.86. The van der Waals surface area contributed by atoms with Crippen LogP contribution in [0.2, 0.25) is 0 Å². The van der Waals surface area contributed by atoms with Crippen molar-refractivity contribution < 1.29 is 19.1 Å². The first-order chi connectivity index (χ1) is 12.5. The van der Waals surface area contributed by atoms with E-state index in [0.717, 1.165) is 16.3 Å². The average molecular weight is 348 g/mol. The summed E-state index contributed by atoms with van der Waals surface area (Å²) in [6.07, 6.45) is 5.04. The van der Waals surface area contributed by atoms with Gasteiger partial charge in [-0.25, -0.2) is 0 Å². The normalized spacial score (nSPS) is 17.5. The summed E-state index contributed by atoms with van der Waals surface area (Å²) in [5.74, 6) is 0.233. The van der Waals surface area contributed by atoms with Crippen molar-refractivity contribution in [2.24, 2.45) is 5.92 Å². The van der Waals surface area contributed by atoms with Crippen molar-refractivity contribution in [1.82, 2.24) is 0 Å². The van der Waals surface area contributed by atoms with E-state index in [1.807, 2.05) is 36.4 Å². The van der Waals surface area contributed by atoms with Crippen LogP contribution in [0.4, 0.5) is 0 Å². The maximum Gasteiger partial charge on any atom is 0.307 e. The first-order valence-corrected chi connectivity index (χ1v) is 8.39. The smallest absolute Gasteiger partial charge is 0.307 e. The van der Waals surface area contributed by atoms with Crippen molar-refractivity contribution in [1.29, 1.82) is 0 Å². The quantitative estimate of drug-likeness (QED) is 0.460. The molecule has 3 rings (SSSR count). The lowest BCUT2D eigenvalue weighted by Crippen LogP contribution is -2.29. The summed E-state index contributed by atoms with van der Waals surface area (Å²) in [6.45, 7) is 7.09. The summed E-state index contributed by atoms with van der Waals surface area (Å²) in [5, 5.41) is 1.88. The van der Waals surface area contributed by atoms with Crippen molar-refractivity contribution in [3.63, 3.8) is 0 Å². The summed E-state index contributed by atoms with van der Waals surface area (Å²) in [7, 11) is 0. The van der Waals surface area contributed by atoms with Crippen LogP contribution in [0.3, 0.4) is 0 Å². The standard InChI is InChI=1S/C22H20O4/c1-4-16(10-9-14(2)26-15(3)23)19-13-25-20-12-11-17-7-5-6-8-18(17)21(20)22(19)24/h4-12,19H,1,13H2,2-3H3/b14-9+,16-10+. The predicted molar refractivity (Wildman–Crippen MR) is 101 cm³/mol. The average Bonchev–Trinajstić information content (AvgIpc) is 2.62. The van der Waals surface area contributed by atoms with Gasteiger partial charge in [-0.3, -0.25) is 9.59 Å². The Labute approximate surface area is 152 Å². The number of esters is 1. The zero-order chi connectivity index (χ0) is 18.7. The SMILES string of the molecule is C=C/C(=C\C=C(/C)OC(C)=O)C1COc2ccc3ccccc3c2C1=O. The number of hydrogen-bond acceptors (Lipinski definition) is 4. The van der Waals surface area contributed by atoms with Crippen LogP contribution in [0.15, 0.2) is 72.5 Å². The molecule has 4 heteroatoms. The van der Waals surface area contributed by atoms with Crippen LogP contribution in [-0.2, 0) is 9.53 Å². The second-order valence-corrected chi connectivity index (χ2v) is 6.13. The molecule has 0 fully saturated rings. The van der Waals surface area contributed by atoms with Gasteiger partial charge in [0, 0.05) is 6.92 Å². The molecule has 1 heterocycles. The number of fused-ring (bicyclic) bond motifs is 3. The third kappa shape index (κ3) is 3.45. The molecule has 0 radical (unpaired) electrons. The van der Waals surface area contributed by atoms with Gasteiger partial charge in [-0.2, -0.15) is 0 Å². The molecule has 0 aliphatic carbocycles. The Morgan fingerprint density at radius 1 is 1.19 bits per heavy atom. The molecule has 1 aliphatic heterocycles. The fourth-order valence-electron chi connectivity index (χ4n) is 3.10. The van der Waals surface area contributed by atoms with Crippen LogP contribution in [-0.4, -0.2) is 18.4 Å². The highest BCUT2D eigenvalue weighted by molar-refractivity contribution is 6.13. The van der Waals surface area contributed by atoms with Crippen LogP contribution in [0.25, 0.3) is 10.8 Å². The molecule has 0 saturated heterocycles. The van der Waals surface area contributed by atoms with Crippen molar-refractivity contribution in [2.45, 2.75) is 13.8 Å². The molecule has 0 amide bonds. The lowest BCUT2D eigenvalue weighted by Gasteiger charge is -2.26.